The molecule has 1 saturated carbocycles. The Bertz CT molecular complexity index is 950. The molecule has 1 fully saturated rings. The minimum Gasteiger partial charge on any atom is -0.375 e. The van der Waals surface area contributed by atoms with Crippen molar-refractivity contribution in [2.75, 3.05) is 5.32 Å². The lowest BCUT2D eigenvalue weighted by molar-refractivity contribution is -0.384. The van der Waals surface area contributed by atoms with E-state index in [4.69, 9.17) is 0 Å². The number of nitrogens with zero attached hydrogens (tertiary/aromatic N) is 2. The highest BCUT2D eigenvalue weighted by Gasteiger charge is 2.26. The van der Waals surface area contributed by atoms with Gasteiger partial charge in [-0.05, 0) is 50.7 Å². The maximum Gasteiger partial charge on any atom is 0.293 e. The van der Waals surface area contributed by atoms with Gasteiger partial charge in [0, 0.05) is 23.2 Å². The molecule has 28 heavy (non-hydrogen) atoms. The Morgan fingerprint density at radius 1 is 1.29 bits per heavy atom. The molecule has 0 amide bonds. The normalized spacial score (nSPS) is 20.1. The second-order valence-corrected chi connectivity index (χ2v) is 10.2. The summed E-state index contributed by atoms with van der Waals surface area (Å²) in [5.41, 5.74) is 0.0165. The molecule has 1 aromatic heterocycles. The Kier molecular flexibility index (Phi) is 6.31. The molecule has 0 atom stereocenters. The van der Waals surface area contributed by atoms with Crippen molar-refractivity contribution in [2.45, 2.75) is 57.0 Å². The number of hydrogen-bond acceptors (Lipinski definition) is 7. The number of aryl methyl sites for hydroxylation is 1. The average Bonchev–Trinajstić information content (AvgIpc) is 3.07. The molecule has 0 bridgehead atoms. The summed E-state index contributed by atoms with van der Waals surface area (Å²) in [5.74, 6) is 0.606. The van der Waals surface area contributed by atoms with Gasteiger partial charge in [0.25, 0.3) is 5.69 Å². The van der Waals surface area contributed by atoms with Gasteiger partial charge < -0.3 is 5.32 Å². The van der Waals surface area contributed by atoms with Gasteiger partial charge in [0.1, 0.15) is 5.69 Å². The van der Waals surface area contributed by atoms with E-state index in [1.54, 1.807) is 6.20 Å². The summed E-state index contributed by atoms with van der Waals surface area (Å²) in [4.78, 5) is 15.9. The lowest BCUT2D eigenvalue weighted by atomic mass is 9.88. The van der Waals surface area contributed by atoms with Crippen LogP contribution in [-0.2, 0) is 16.6 Å². The number of nitro groups is 1. The number of aromatic nitrogens is 1. The third-order valence-electron chi connectivity index (χ3n) is 4.94. The quantitative estimate of drug-likeness (QED) is 0.516. The lowest BCUT2D eigenvalue weighted by Gasteiger charge is -2.26. The zero-order valence-corrected chi connectivity index (χ0v) is 17.5. The first-order valence-corrected chi connectivity index (χ1v) is 11.5. The molecule has 0 spiro atoms. The van der Waals surface area contributed by atoms with Crippen LogP contribution in [0.2, 0.25) is 0 Å². The fourth-order valence-corrected chi connectivity index (χ4v) is 5.37. The van der Waals surface area contributed by atoms with E-state index in [1.165, 1.54) is 23.5 Å². The Morgan fingerprint density at radius 3 is 2.61 bits per heavy atom. The van der Waals surface area contributed by atoms with Crippen molar-refractivity contribution in [3.63, 3.8) is 0 Å². The van der Waals surface area contributed by atoms with E-state index in [0.29, 0.717) is 12.5 Å². The molecule has 10 heteroatoms. The summed E-state index contributed by atoms with van der Waals surface area (Å²) in [6, 6.07) is 3.85. The summed E-state index contributed by atoms with van der Waals surface area (Å²) >= 11 is 1.50. The Labute approximate surface area is 168 Å². The van der Waals surface area contributed by atoms with Crippen LogP contribution in [0.1, 0.15) is 42.5 Å². The van der Waals surface area contributed by atoms with Crippen LogP contribution in [0.3, 0.4) is 0 Å². The maximum absolute atomic E-state index is 12.7. The molecule has 1 aromatic carbocycles. The van der Waals surface area contributed by atoms with Crippen LogP contribution in [0.25, 0.3) is 0 Å². The molecule has 152 valence electrons. The summed E-state index contributed by atoms with van der Waals surface area (Å²) in [7, 11) is -3.80. The second-order valence-electron chi connectivity index (χ2n) is 7.21. The highest BCUT2D eigenvalue weighted by Crippen LogP contribution is 2.30. The molecule has 1 aliphatic rings. The Balaban J connectivity index is 1.76. The van der Waals surface area contributed by atoms with Gasteiger partial charge in [0.05, 0.1) is 21.4 Å². The summed E-state index contributed by atoms with van der Waals surface area (Å²) in [5, 5.41) is 15.4. The number of nitro benzene ring substituents is 1. The van der Waals surface area contributed by atoms with Gasteiger partial charge in [-0.1, -0.05) is 6.92 Å². The lowest BCUT2D eigenvalue weighted by Crippen LogP contribution is -2.37. The van der Waals surface area contributed by atoms with Crippen LogP contribution >= 0.6 is 11.3 Å². The van der Waals surface area contributed by atoms with Crippen LogP contribution in [0.4, 0.5) is 11.4 Å². The van der Waals surface area contributed by atoms with E-state index >= 15 is 0 Å². The van der Waals surface area contributed by atoms with Crippen molar-refractivity contribution in [1.29, 1.82) is 0 Å². The molecule has 0 radical (unpaired) electrons. The Morgan fingerprint density at radius 2 is 2.00 bits per heavy atom. The van der Waals surface area contributed by atoms with E-state index in [9.17, 15) is 18.5 Å². The molecule has 2 aromatic rings. The van der Waals surface area contributed by atoms with Crippen LogP contribution in [0.5, 0.6) is 0 Å². The average molecular weight is 425 g/mol. The molecule has 8 nitrogen and oxygen atoms in total. The topological polar surface area (TPSA) is 114 Å². The predicted molar refractivity (Wildman–Crippen MR) is 109 cm³/mol. The standard InChI is InChI=1S/C18H24N4O4S2/c1-12-3-5-14(6-4-12)21-28(25,26)16-7-8-17(18(9-16)22(23)24)20-11-15-10-19-13(2)27-15/h7-10,12,14,20-21H,3-6,11H2,1-2H3. The number of benzene rings is 1. The van der Waals surface area contributed by atoms with Crippen molar-refractivity contribution < 1.29 is 13.3 Å². The molecule has 0 unspecified atom stereocenters. The zero-order chi connectivity index (χ0) is 20.3. The summed E-state index contributed by atoms with van der Waals surface area (Å²) in [6.45, 7) is 4.43. The molecule has 2 N–H and O–H groups in total. The van der Waals surface area contributed by atoms with Crippen LogP contribution in [0, 0.1) is 23.0 Å². The van der Waals surface area contributed by atoms with Crippen LogP contribution in [-0.4, -0.2) is 24.4 Å². The number of nitrogens with one attached hydrogen (secondary N) is 2. The SMILES string of the molecule is Cc1ncc(CNc2ccc(S(=O)(=O)NC3CCC(C)CC3)cc2[N+](=O)[O-])s1. The van der Waals surface area contributed by atoms with Gasteiger partial charge in [-0.25, -0.2) is 18.1 Å². The number of thiazole rings is 1. The van der Waals surface area contributed by atoms with Crippen molar-refractivity contribution in [3.8, 4) is 0 Å². The Hall–Kier alpha value is -2.04. The number of sulfonamides is 1. The van der Waals surface area contributed by atoms with E-state index in [1.807, 2.05) is 6.92 Å². The molecule has 3 rings (SSSR count). The van der Waals surface area contributed by atoms with Crippen LogP contribution in [0.15, 0.2) is 29.3 Å². The van der Waals surface area contributed by atoms with E-state index in [2.05, 4.69) is 21.9 Å². The highest BCUT2D eigenvalue weighted by atomic mass is 32.2. The van der Waals surface area contributed by atoms with Crippen molar-refractivity contribution in [2.24, 2.45) is 5.92 Å². The van der Waals surface area contributed by atoms with E-state index in [-0.39, 0.29) is 22.3 Å². The van der Waals surface area contributed by atoms with Gasteiger partial charge >= 0.3 is 0 Å². The van der Waals surface area contributed by atoms with Gasteiger partial charge in [-0.3, -0.25) is 10.1 Å². The smallest absolute Gasteiger partial charge is 0.293 e. The molecule has 0 aliphatic heterocycles. The number of anilines is 1. The minimum atomic E-state index is -3.80. The molecular formula is C18H24N4O4S2. The van der Waals surface area contributed by atoms with E-state index < -0.39 is 14.9 Å². The van der Waals surface area contributed by atoms with E-state index in [0.717, 1.165) is 41.6 Å². The van der Waals surface area contributed by atoms with Crippen molar-refractivity contribution in [1.82, 2.24) is 9.71 Å². The number of hydrogen-bond donors (Lipinski definition) is 2. The third kappa shape index (κ3) is 5.06. The van der Waals surface area contributed by atoms with Gasteiger partial charge in [0.15, 0.2) is 0 Å². The maximum atomic E-state index is 12.7. The molecule has 1 heterocycles. The second kappa shape index (κ2) is 8.54. The number of rotatable bonds is 7. The largest absolute Gasteiger partial charge is 0.375 e. The predicted octanol–water partition coefficient (Wildman–Crippen LogP) is 3.83. The van der Waals surface area contributed by atoms with Gasteiger partial charge in [0.2, 0.25) is 10.0 Å². The third-order valence-corrected chi connectivity index (χ3v) is 7.37. The fourth-order valence-electron chi connectivity index (χ4n) is 3.31. The molecular weight excluding hydrogens is 400 g/mol. The molecule has 1 aliphatic carbocycles. The van der Waals surface area contributed by atoms with Crippen LogP contribution < -0.4 is 10.0 Å². The monoisotopic (exact) mass is 424 g/mol. The summed E-state index contributed by atoms with van der Waals surface area (Å²) in [6.07, 6.45) is 5.25. The van der Waals surface area contributed by atoms with Gasteiger partial charge in [-0.15, -0.1) is 11.3 Å². The van der Waals surface area contributed by atoms with Crippen molar-refractivity contribution in [3.05, 3.63) is 44.4 Å². The van der Waals surface area contributed by atoms with Gasteiger partial charge in [-0.2, -0.15) is 0 Å². The molecule has 0 saturated heterocycles. The highest BCUT2D eigenvalue weighted by molar-refractivity contribution is 7.89. The first kappa shape index (κ1) is 20.7. The zero-order valence-electron chi connectivity index (χ0n) is 15.8. The summed E-state index contributed by atoms with van der Waals surface area (Å²) < 4.78 is 28.1. The minimum absolute atomic E-state index is 0.0861. The fraction of sp³-hybridized carbons (Fsp3) is 0.500. The first-order valence-electron chi connectivity index (χ1n) is 9.20. The first-order chi connectivity index (χ1) is 13.2. The van der Waals surface area contributed by atoms with Crippen molar-refractivity contribution >= 4 is 32.7 Å².